The van der Waals surface area contributed by atoms with E-state index in [1.165, 1.54) is 25.7 Å². The SMILES string of the molecule is CCOc1ccccc1C(=O)CNC1CCCC1. The molecule has 1 saturated carbocycles. The summed E-state index contributed by atoms with van der Waals surface area (Å²) in [6, 6.07) is 7.99. The van der Waals surface area contributed by atoms with Crippen LogP contribution in [0.1, 0.15) is 43.0 Å². The van der Waals surface area contributed by atoms with Crippen LogP contribution in [0.3, 0.4) is 0 Å². The van der Waals surface area contributed by atoms with Gasteiger partial charge in [0.2, 0.25) is 0 Å². The molecule has 0 aliphatic heterocycles. The van der Waals surface area contributed by atoms with Crippen LogP contribution in [0.25, 0.3) is 0 Å². The van der Waals surface area contributed by atoms with Crippen LogP contribution < -0.4 is 10.1 Å². The third-order valence-corrected chi connectivity index (χ3v) is 3.39. The molecule has 18 heavy (non-hydrogen) atoms. The Bertz CT molecular complexity index is 397. The highest BCUT2D eigenvalue weighted by atomic mass is 16.5. The molecular weight excluding hydrogens is 226 g/mol. The number of carbonyl (C=O) groups is 1. The molecule has 1 aliphatic carbocycles. The highest BCUT2D eigenvalue weighted by Gasteiger charge is 2.17. The molecule has 0 heterocycles. The van der Waals surface area contributed by atoms with Crippen LogP contribution in [-0.2, 0) is 0 Å². The number of para-hydroxylation sites is 1. The fraction of sp³-hybridized carbons (Fsp3) is 0.533. The fourth-order valence-electron chi connectivity index (χ4n) is 2.44. The van der Waals surface area contributed by atoms with Crippen LogP contribution in [0.15, 0.2) is 24.3 Å². The fourth-order valence-corrected chi connectivity index (χ4v) is 2.44. The molecule has 3 nitrogen and oxygen atoms in total. The maximum Gasteiger partial charge on any atom is 0.180 e. The lowest BCUT2D eigenvalue weighted by molar-refractivity contribution is 0.0983. The molecule has 0 unspecified atom stereocenters. The van der Waals surface area contributed by atoms with Crippen molar-refractivity contribution in [3.8, 4) is 5.75 Å². The zero-order chi connectivity index (χ0) is 12.8. The third kappa shape index (κ3) is 3.33. The summed E-state index contributed by atoms with van der Waals surface area (Å²) in [5.74, 6) is 0.809. The molecule has 0 bridgehead atoms. The topological polar surface area (TPSA) is 38.3 Å². The predicted octanol–water partition coefficient (Wildman–Crippen LogP) is 2.80. The van der Waals surface area contributed by atoms with E-state index in [0.29, 0.717) is 30.5 Å². The van der Waals surface area contributed by atoms with Crippen LogP contribution in [0.2, 0.25) is 0 Å². The number of benzene rings is 1. The standard InChI is InChI=1S/C15H21NO2/c1-2-18-15-10-6-5-9-13(15)14(17)11-16-12-7-3-4-8-12/h5-6,9-10,12,16H,2-4,7-8,11H2,1H3. The van der Waals surface area contributed by atoms with Crippen LogP contribution in [-0.4, -0.2) is 25.0 Å². The van der Waals surface area contributed by atoms with Gasteiger partial charge < -0.3 is 10.1 Å². The van der Waals surface area contributed by atoms with Crippen molar-refractivity contribution in [1.82, 2.24) is 5.32 Å². The number of hydrogen-bond acceptors (Lipinski definition) is 3. The van der Waals surface area contributed by atoms with Gasteiger partial charge in [0.1, 0.15) is 5.75 Å². The molecule has 0 amide bonds. The van der Waals surface area contributed by atoms with Gasteiger partial charge in [-0.25, -0.2) is 0 Å². The first kappa shape index (κ1) is 13.1. The molecular formula is C15H21NO2. The Balaban J connectivity index is 1.94. The van der Waals surface area contributed by atoms with Crippen molar-refractivity contribution < 1.29 is 9.53 Å². The lowest BCUT2D eigenvalue weighted by atomic mass is 10.1. The summed E-state index contributed by atoms with van der Waals surface area (Å²) in [7, 11) is 0. The van der Waals surface area contributed by atoms with Gasteiger partial charge in [0.15, 0.2) is 5.78 Å². The van der Waals surface area contributed by atoms with E-state index >= 15 is 0 Å². The van der Waals surface area contributed by atoms with Gasteiger partial charge in [-0.15, -0.1) is 0 Å². The second-order valence-electron chi connectivity index (χ2n) is 4.71. The number of nitrogens with one attached hydrogen (secondary N) is 1. The average Bonchev–Trinajstić information content (AvgIpc) is 2.90. The van der Waals surface area contributed by atoms with E-state index in [0.717, 1.165) is 0 Å². The zero-order valence-corrected chi connectivity index (χ0v) is 10.9. The van der Waals surface area contributed by atoms with Gasteiger partial charge in [-0.05, 0) is 31.9 Å². The highest BCUT2D eigenvalue weighted by molar-refractivity contribution is 6.00. The maximum absolute atomic E-state index is 12.2. The van der Waals surface area contributed by atoms with E-state index in [4.69, 9.17) is 4.74 Å². The van der Waals surface area contributed by atoms with Gasteiger partial charge >= 0.3 is 0 Å². The van der Waals surface area contributed by atoms with Crippen molar-refractivity contribution in [2.75, 3.05) is 13.2 Å². The van der Waals surface area contributed by atoms with Crippen molar-refractivity contribution in [2.45, 2.75) is 38.6 Å². The van der Waals surface area contributed by atoms with E-state index in [1.54, 1.807) is 0 Å². The van der Waals surface area contributed by atoms with Gasteiger partial charge in [-0.3, -0.25) is 4.79 Å². The molecule has 1 fully saturated rings. The van der Waals surface area contributed by atoms with Gasteiger partial charge in [0.25, 0.3) is 0 Å². The molecule has 2 rings (SSSR count). The number of rotatable bonds is 6. The average molecular weight is 247 g/mol. The third-order valence-electron chi connectivity index (χ3n) is 3.39. The number of Topliss-reactive ketones (excluding diaryl/α,β-unsaturated/α-hetero) is 1. The maximum atomic E-state index is 12.2. The summed E-state index contributed by atoms with van der Waals surface area (Å²) in [5.41, 5.74) is 0.685. The first-order valence-electron chi connectivity index (χ1n) is 6.79. The molecule has 0 saturated heterocycles. The molecule has 1 aromatic rings. The molecule has 1 aromatic carbocycles. The Labute approximate surface area is 109 Å². The number of hydrogen-bond donors (Lipinski definition) is 1. The first-order chi connectivity index (χ1) is 8.81. The lowest BCUT2D eigenvalue weighted by Gasteiger charge is -2.13. The minimum Gasteiger partial charge on any atom is -0.493 e. The van der Waals surface area contributed by atoms with Crippen molar-refractivity contribution in [2.24, 2.45) is 0 Å². The normalized spacial score (nSPS) is 15.8. The second kappa shape index (κ2) is 6.55. The van der Waals surface area contributed by atoms with E-state index in [9.17, 15) is 4.79 Å². The zero-order valence-electron chi connectivity index (χ0n) is 10.9. The monoisotopic (exact) mass is 247 g/mol. The van der Waals surface area contributed by atoms with Crippen LogP contribution >= 0.6 is 0 Å². The predicted molar refractivity (Wildman–Crippen MR) is 72.2 cm³/mol. The summed E-state index contributed by atoms with van der Waals surface area (Å²) >= 11 is 0. The molecule has 3 heteroatoms. The Morgan fingerprint density at radius 2 is 2.06 bits per heavy atom. The quantitative estimate of drug-likeness (QED) is 0.786. The van der Waals surface area contributed by atoms with Crippen LogP contribution in [0.5, 0.6) is 5.75 Å². The van der Waals surface area contributed by atoms with Crippen LogP contribution in [0.4, 0.5) is 0 Å². The summed E-state index contributed by atoms with van der Waals surface area (Å²) in [5, 5.41) is 3.34. The smallest absolute Gasteiger partial charge is 0.180 e. The van der Waals surface area contributed by atoms with Gasteiger partial charge in [0.05, 0.1) is 18.7 Å². The first-order valence-corrected chi connectivity index (χ1v) is 6.79. The molecule has 0 atom stereocenters. The minimum absolute atomic E-state index is 0.117. The van der Waals surface area contributed by atoms with E-state index in [1.807, 2.05) is 31.2 Å². The lowest BCUT2D eigenvalue weighted by Crippen LogP contribution is -2.31. The molecule has 98 valence electrons. The molecule has 0 aromatic heterocycles. The number of carbonyl (C=O) groups excluding carboxylic acids is 1. The number of ketones is 1. The van der Waals surface area contributed by atoms with E-state index in [2.05, 4.69) is 5.32 Å². The van der Waals surface area contributed by atoms with Crippen molar-refractivity contribution in [3.05, 3.63) is 29.8 Å². The highest BCUT2D eigenvalue weighted by Crippen LogP contribution is 2.20. The Morgan fingerprint density at radius 1 is 1.33 bits per heavy atom. The van der Waals surface area contributed by atoms with Crippen molar-refractivity contribution >= 4 is 5.78 Å². The molecule has 1 aliphatic rings. The van der Waals surface area contributed by atoms with Crippen molar-refractivity contribution in [3.63, 3.8) is 0 Å². The minimum atomic E-state index is 0.117. The second-order valence-corrected chi connectivity index (χ2v) is 4.71. The van der Waals surface area contributed by atoms with E-state index in [-0.39, 0.29) is 5.78 Å². The Morgan fingerprint density at radius 3 is 2.78 bits per heavy atom. The molecule has 1 N–H and O–H groups in total. The van der Waals surface area contributed by atoms with Crippen molar-refractivity contribution in [1.29, 1.82) is 0 Å². The van der Waals surface area contributed by atoms with Gasteiger partial charge in [-0.1, -0.05) is 25.0 Å². The molecule has 0 radical (unpaired) electrons. The van der Waals surface area contributed by atoms with E-state index < -0.39 is 0 Å². The summed E-state index contributed by atoms with van der Waals surface area (Å²) in [4.78, 5) is 12.2. The molecule has 0 spiro atoms. The summed E-state index contributed by atoms with van der Waals surface area (Å²) in [6.07, 6.45) is 4.95. The van der Waals surface area contributed by atoms with Crippen LogP contribution in [0, 0.1) is 0 Å². The summed E-state index contributed by atoms with van der Waals surface area (Å²) < 4.78 is 5.48. The summed E-state index contributed by atoms with van der Waals surface area (Å²) in [6.45, 7) is 2.92. The van der Waals surface area contributed by atoms with Gasteiger partial charge in [0, 0.05) is 6.04 Å². The largest absolute Gasteiger partial charge is 0.493 e. The van der Waals surface area contributed by atoms with Gasteiger partial charge in [-0.2, -0.15) is 0 Å². The Kier molecular flexibility index (Phi) is 4.76. The Hall–Kier alpha value is -1.35. The number of ether oxygens (including phenoxy) is 1.